The van der Waals surface area contributed by atoms with Crippen LogP contribution in [0.25, 0.3) is 0 Å². The quantitative estimate of drug-likeness (QED) is 0.263. The van der Waals surface area contributed by atoms with Crippen molar-refractivity contribution in [3.05, 3.63) is 0 Å². The summed E-state index contributed by atoms with van der Waals surface area (Å²) in [6.45, 7) is 0. The maximum atomic E-state index is 8.88. The molecule has 7 nitrogen and oxygen atoms in total. The predicted molar refractivity (Wildman–Crippen MR) is 30.9 cm³/mol. The van der Waals surface area contributed by atoms with Crippen molar-refractivity contribution in [3.63, 3.8) is 0 Å². The first-order valence-electron chi connectivity index (χ1n) is 0.783. The third kappa shape index (κ3) is 212. The van der Waals surface area contributed by atoms with Crippen molar-refractivity contribution in [1.82, 2.24) is 0 Å². The van der Waals surface area contributed by atoms with Crippen molar-refractivity contribution in [2.75, 3.05) is 0 Å². The van der Waals surface area contributed by atoms with Crippen molar-refractivity contribution >= 4 is 59.2 Å². The van der Waals surface area contributed by atoms with Crippen LogP contribution in [0.5, 0.6) is 0 Å². The van der Waals surface area contributed by atoms with Crippen LogP contribution >= 0.6 is 7.82 Å². The van der Waals surface area contributed by atoms with Crippen LogP contribution in [0.3, 0.4) is 0 Å². The fraction of sp³-hybridized carbons (Fsp3) is 0. The van der Waals surface area contributed by atoms with Gasteiger partial charge in [0, 0.05) is 51.4 Å². The fourth-order valence-electron chi connectivity index (χ4n) is 0. The molecule has 1 radical (unpaired) electrons. The average molecular weight is 191 g/mol. The summed E-state index contributed by atoms with van der Waals surface area (Å²) in [5.74, 6) is 0. The topological polar surface area (TPSA) is 172 Å². The van der Waals surface area contributed by atoms with E-state index in [4.69, 9.17) is 19.2 Å². The Morgan fingerprint density at radius 1 is 0.889 bits per heavy atom. The Balaban J connectivity index is -0.0000000133. The second-order valence-electron chi connectivity index (χ2n) is 0.513. The van der Waals surface area contributed by atoms with E-state index in [-0.39, 0.29) is 67.8 Å². The summed E-state index contributed by atoms with van der Waals surface area (Å²) in [7, 11) is -4.64. The first-order chi connectivity index (χ1) is 2.00. The maximum absolute atomic E-state index is 8.88. The van der Waals surface area contributed by atoms with Gasteiger partial charge in [0.1, 0.15) is 0 Å². The molecule has 0 heterocycles. The Hall–Kier alpha value is 1.63. The third-order valence-corrected chi connectivity index (χ3v) is 0. The Morgan fingerprint density at radius 3 is 0.889 bits per heavy atom. The molecular formula is H9KO7P. The molecule has 9 heavy (non-hydrogen) atoms. The molecule has 0 aliphatic heterocycles. The third-order valence-electron chi connectivity index (χ3n) is 0. The molecule has 0 aliphatic carbocycles. The molecule has 0 rings (SSSR count). The standard InChI is InChI=1S/K.H3O4P.3H2O/c;1-5(2,3)4;;;/h;(H3,1,2,3,4);3*1H2. The largest absolute Gasteiger partial charge is 0.466 e. The van der Waals surface area contributed by atoms with Gasteiger partial charge in [-0.1, -0.05) is 0 Å². The molecule has 57 valence electrons. The summed E-state index contributed by atoms with van der Waals surface area (Å²) >= 11 is 0. The van der Waals surface area contributed by atoms with E-state index in [1.54, 1.807) is 0 Å². The van der Waals surface area contributed by atoms with E-state index in [1.807, 2.05) is 0 Å². The van der Waals surface area contributed by atoms with Crippen molar-refractivity contribution in [2.45, 2.75) is 0 Å². The second kappa shape index (κ2) is 12.3. The van der Waals surface area contributed by atoms with Gasteiger partial charge in [-0.25, -0.2) is 4.57 Å². The maximum Gasteiger partial charge on any atom is 0.466 e. The molecule has 0 saturated carbocycles. The monoisotopic (exact) mass is 191 g/mol. The summed E-state index contributed by atoms with van der Waals surface area (Å²) in [5, 5.41) is 0. The molecule has 0 atom stereocenters. The molecule has 0 unspecified atom stereocenters. The molecule has 0 spiro atoms. The predicted octanol–water partition coefficient (Wildman–Crippen LogP) is -3.78. The minimum absolute atomic E-state index is 0. The molecule has 0 aliphatic rings. The van der Waals surface area contributed by atoms with Crippen molar-refractivity contribution in [1.29, 1.82) is 0 Å². The van der Waals surface area contributed by atoms with Gasteiger partial charge in [0.2, 0.25) is 0 Å². The van der Waals surface area contributed by atoms with Crippen LogP contribution in [0.1, 0.15) is 0 Å². The summed E-state index contributed by atoms with van der Waals surface area (Å²) in [4.78, 5) is 21.6. The second-order valence-corrected chi connectivity index (χ2v) is 1.54. The number of hydrogen-bond donors (Lipinski definition) is 3. The summed E-state index contributed by atoms with van der Waals surface area (Å²) < 4.78 is 8.88. The zero-order valence-corrected chi connectivity index (χ0v) is 8.71. The van der Waals surface area contributed by atoms with Crippen LogP contribution in [-0.4, -0.2) is 82.5 Å². The SMILES string of the molecule is O.O.O.O=P(O)(O)O.[K]. The molecule has 0 bridgehead atoms. The molecule has 9 N–H and O–H groups in total. The molecule has 9 heteroatoms. The van der Waals surface area contributed by atoms with E-state index >= 15 is 0 Å². The number of hydrogen-bond acceptors (Lipinski definition) is 1. The number of phosphoric acid groups is 1. The Morgan fingerprint density at radius 2 is 0.889 bits per heavy atom. The van der Waals surface area contributed by atoms with E-state index in [9.17, 15) is 0 Å². The van der Waals surface area contributed by atoms with Crippen LogP contribution in [0, 0.1) is 0 Å². The van der Waals surface area contributed by atoms with E-state index in [0.29, 0.717) is 0 Å². The van der Waals surface area contributed by atoms with E-state index in [2.05, 4.69) is 0 Å². The van der Waals surface area contributed by atoms with E-state index < -0.39 is 7.82 Å². The first-order valence-corrected chi connectivity index (χ1v) is 2.35. The Kier molecular flexibility index (Phi) is 42.6. The van der Waals surface area contributed by atoms with E-state index in [1.165, 1.54) is 0 Å². The Bertz CT molecular complexity index is 55.1. The van der Waals surface area contributed by atoms with Crippen LogP contribution in [-0.2, 0) is 4.57 Å². The first kappa shape index (κ1) is 31.1. The van der Waals surface area contributed by atoms with Gasteiger partial charge < -0.3 is 31.1 Å². The summed E-state index contributed by atoms with van der Waals surface area (Å²) in [6.07, 6.45) is 0. The van der Waals surface area contributed by atoms with Gasteiger partial charge in [-0.15, -0.1) is 0 Å². The van der Waals surface area contributed by atoms with Gasteiger partial charge in [-0.05, 0) is 0 Å². The number of rotatable bonds is 0. The molecule has 0 aromatic carbocycles. The minimum atomic E-state index is -4.64. The summed E-state index contributed by atoms with van der Waals surface area (Å²) in [6, 6.07) is 0. The van der Waals surface area contributed by atoms with Crippen LogP contribution in [0.4, 0.5) is 0 Å². The average Bonchev–Trinajstić information content (AvgIpc) is 0.722. The summed E-state index contributed by atoms with van der Waals surface area (Å²) in [5.41, 5.74) is 0. The molecule has 0 aromatic rings. The zero-order chi connectivity index (χ0) is 4.50. The zero-order valence-electron chi connectivity index (χ0n) is 4.70. The van der Waals surface area contributed by atoms with Gasteiger partial charge in [-0.2, -0.15) is 0 Å². The normalized spacial score (nSPS) is 6.56. The van der Waals surface area contributed by atoms with Gasteiger partial charge in [0.15, 0.2) is 0 Å². The van der Waals surface area contributed by atoms with Crippen LogP contribution < -0.4 is 0 Å². The minimum Gasteiger partial charge on any atom is -0.412 e. The molecule has 0 saturated heterocycles. The molecule has 0 amide bonds. The van der Waals surface area contributed by atoms with Crippen molar-refractivity contribution in [3.8, 4) is 0 Å². The van der Waals surface area contributed by atoms with Gasteiger partial charge in [0.25, 0.3) is 0 Å². The van der Waals surface area contributed by atoms with Crippen LogP contribution in [0.2, 0.25) is 0 Å². The molecule has 0 aromatic heterocycles. The molecular weight excluding hydrogens is 182 g/mol. The van der Waals surface area contributed by atoms with Crippen molar-refractivity contribution in [2.24, 2.45) is 0 Å². The Labute approximate surface area is 93.7 Å². The van der Waals surface area contributed by atoms with Gasteiger partial charge >= 0.3 is 7.82 Å². The van der Waals surface area contributed by atoms with Crippen molar-refractivity contribution < 1.29 is 35.7 Å². The fourth-order valence-corrected chi connectivity index (χ4v) is 0. The van der Waals surface area contributed by atoms with Crippen LogP contribution in [0.15, 0.2) is 0 Å². The molecule has 0 fully saturated rings. The van der Waals surface area contributed by atoms with E-state index in [0.717, 1.165) is 0 Å². The van der Waals surface area contributed by atoms with Gasteiger partial charge in [0.05, 0.1) is 0 Å². The van der Waals surface area contributed by atoms with Gasteiger partial charge in [-0.3, -0.25) is 0 Å². The smallest absolute Gasteiger partial charge is 0.412 e.